The van der Waals surface area contributed by atoms with Crippen LogP contribution in [0.1, 0.15) is 5.56 Å². The highest BCUT2D eigenvalue weighted by molar-refractivity contribution is 6.07. The second-order valence-electron chi connectivity index (χ2n) is 4.17. The first-order valence-corrected chi connectivity index (χ1v) is 5.57. The minimum Gasteiger partial charge on any atom is -0.452 e. The number of alkyl halides is 2. The summed E-state index contributed by atoms with van der Waals surface area (Å²) < 4.78 is 35.6. The zero-order chi connectivity index (χ0) is 13.6. The third kappa shape index (κ3) is 1.85. The van der Waals surface area contributed by atoms with Crippen LogP contribution in [0.2, 0.25) is 0 Å². The number of ether oxygens (including phenoxy) is 1. The fourth-order valence-electron chi connectivity index (χ4n) is 2.15. The smallest absolute Gasteiger partial charge is 0.387 e. The van der Waals surface area contributed by atoms with Gasteiger partial charge in [-0.2, -0.15) is 8.78 Å². The lowest BCUT2D eigenvalue weighted by atomic mass is 10.1. The highest BCUT2D eigenvalue weighted by Crippen LogP contribution is 2.36. The highest BCUT2D eigenvalue weighted by Gasteiger charge is 2.18. The summed E-state index contributed by atoms with van der Waals surface area (Å²) in [4.78, 5) is 0. The zero-order valence-corrected chi connectivity index (χ0v) is 9.93. The molecule has 1 aromatic carbocycles. The maximum absolute atomic E-state index is 12.4. The standard InChI is InChI=1S/C13H10F2NO3/c1-7-2-3-10(19-13(14)15)12-11(7)8-6-16(17)5-4-9(8)18-12/h2-6,13,17H,1H3/q+1. The Morgan fingerprint density at radius 1 is 1.32 bits per heavy atom. The van der Waals surface area contributed by atoms with Gasteiger partial charge in [-0.15, -0.1) is 0 Å². The Labute approximate surface area is 106 Å². The van der Waals surface area contributed by atoms with E-state index < -0.39 is 6.61 Å². The van der Waals surface area contributed by atoms with E-state index in [0.717, 1.165) is 10.3 Å². The molecule has 0 unspecified atom stereocenters. The van der Waals surface area contributed by atoms with Crippen LogP contribution in [0.5, 0.6) is 5.75 Å². The van der Waals surface area contributed by atoms with Gasteiger partial charge in [-0.3, -0.25) is 5.21 Å². The molecule has 2 heterocycles. The lowest BCUT2D eigenvalue weighted by Crippen LogP contribution is -2.27. The first-order chi connectivity index (χ1) is 9.06. The van der Waals surface area contributed by atoms with E-state index in [4.69, 9.17) is 4.42 Å². The number of hydrogen-bond donors (Lipinski definition) is 1. The van der Waals surface area contributed by atoms with Gasteiger partial charge in [0.05, 0.1) is 11.5 Å². The van der Waals surface area contributed by atoms with Crippen molar-refractivity contribution < 1.29 is 27.9 Å². The number of halogens is 2. The Morgan fingerprint density at radius 2 is 2.11 bits per heavy atom. The number of fused-ring (bicyclic) bond motifs is 3. The summed E-state index contributed by atoms with van der Waals surface area (Å²) in [7, 11) is 0. The van der Waals surface area contributed by atoms with Crippen molar-refractivity contribution in [1.29, 1.82) is 0 Å². The molecule has 0 aliphatic carbocycles. The molecule has 0 radical (unpaired) electrons. The van der Waals surface area contributed by atoms with E-state index in [1.165, 1.54) is 18.5 Å². The average molecular weight is 266 g/mol. The van der Waals surface area contributed by atoms with Gasteiger partial charge in [-0.1, -0.05) is 6.07 Å². The van der Waals surface area contributed by atoms with Crippen molar-refractivity contribution in [2.24, 2.45) is 0 Å². The van der Waals surface area contributed by atoms with Crippen LogP contribution in [-0.2, 0) is 0 Å². The quantitative estimate of drug-likeness (QED) is 0.573. The summed E-state index contributed by atoms with van der Waals surface area (Å²) in [6, 6.07) is 4.67. The number of aryl methyl sites for hydroxylation is 1. The number of rotatable bonds is 2. The largest absolute Gasteiger partial charge is 0.452 e. The van der Waals surface area contributed by atoms with Gasteiger partial charge in [0.2, 0.25) is 12.4 Å². The molecule has 0 atom stereocenters. The fourth-order valence-corrected chi connectivity index (χ4v) is 2.15. The molecular formula is C13H10F2NO3+. The van der Waals surface area contributed by atoms with Crippen LogP contribution in [0, 0.1) is 6.92 Å². The summed E-state index contributed by atoms with van der Waals surface area (Å²) >= 11 is 0. The molecule has 0 saturated carbocycles. The lowest BCUT2D eigenvalue weighted by molar-refractivity contribution is -0.903. The maximum atomic E-state index is 12.4. The molecule has 0 bridgehead atoms. The van der Waals surface area contributed by atoms with Crippen LogP contribution in [0.3, 0.4) is 0 Å². The molecule has 2 aromatic heterocycles. The van der Waals surface area contributed by atoms with Gasteiger partial charge in [0.15, 0.2) is 11.3 Å². The van der Waals surface area contributed by atoms with Crippen molar-refractivity contribution in [1.82, 2.24) is 0 Å². The minimum atomic E-state index is -2.91. The highest BCUT2D eigenvalue weighted by atomic mass is 19.3. The van der Waals surface area contributed by atoms with E-state index in [-0.39, 0.29) is 11.3 Å². The van der Waals surface area contributed by atoms with Gasteiger partial charge in [0.25, 0.3) is 0 Å². The summed E-state index contributed by atoms with van der Waals surface area (Å²) in [5.74, 6) is -0.0173. The molecule has 4 nitrogen and oxygen atoms in total. The summed E-state index contributed by atoms with van der Waals surface area (Å²) in [6.07, 6.45) is 2.86. The second kappa shape index (κ2) is 4.08. The molecule has 0 fully saturated rings. The van der Waals surface area contributed by atoms with Crippen molar-refractivity contribution in [3.63, 3.8) is 0 Å². The molecule has 0 saturated heterocycles. The normalized spacial score (nSPS) is 11.6. The van der Waals surface area contributed by atoms with Gasteiger partial charge in [0.1, 0.15) is 5.58 Å². The molecular weight excluding hydrogens is 256 g/mol. The van der Waals surface area contributed by atoms with Crippen LogP contribution >= 0.6 is 0 Å². The molecule has 6 heteroatoms. The maximum Gasteiger partial charge on any atom is 0.387 e. The molecule has 0 amide bonds. The molecule has 1 N–H and O–H groups in total. The molecule has 0 spiro atoms. The number of benzene rings is 1. The van der Waals surface area contributed by atoms with Gasteiger partial charge in [-0.05, 0) is 18.6 Å². The number of pyridine rings is 1. The fraction of sp³-hybridized carbons (Fsp3) is 0.154. The first-order valence-electron chi connectivity index (χ1n) is 5.57. The van der Waals surface area contributed by atoms with E-state index in [9.17, 15) is 14.0 Å². The number of nitrogens with zero attached hydrogens (tertiary/aromatic N) is 1. The summed E-state index contributed by atoms with van der Waals surface area (Å²) in [6.45, 7) is -1.08. The Morgan fingerprint density at radius 3 is 2.84 bits per heavy atom. The van der Waals surface area contributed by atoms with Crippen molar-refractivity contribution in [3.05, 3.63) is 36.2 Å². The van der Waals surface area contributed by atoms with E-state index in [0.29, 0.717) is 16.4 Å². The van der Waals surface area contributed by atoms with E-state index in [1.54, 1.807) is 12.1 Å². The second-order valence-corrected chi connectivity index (χ2v) is 4.17. The van der Waals surface area contributed by atoms with Crippen molar-refractivity contribution >= 4 is 21.9 Å². The number of hydrogen-bond acceptors (Lipinski definition) is 3. The van der Waals surface area contributed by atoms with Crippen molar-refractivity contribution in [2.75, 3.05) is 0 Å². The molecule has 0 aliphatic rings. The summed E-state index contributed by atoms with van der Waals surface area (Å²) in [5.41, 5.74) is 1.59. The Balaban J connectivity index is 2.38. The van der Waals surface area contributed by atoms with Gasteiger partial charge in [0, 0.05) is 10.1 Å². The van der Waals surface area contributed by atoms with Gasteiger partial charge in [-0.25, -0.2) is 0 Å². The van der Waals surface area contributed by atoms with Crippen LogP contribution in [0.15, 0.2) is 35.0 Å². The monoisotopic (exact) mass is 266 g/mol. The average Bonchev–Trinajstić information content (AvgIpc) is 2.72. The third-order valence-electron chi connectivity index (χ3n) is 2.93. The van der Waals surface area contributed by atoms with E-state index >= 15 is 0 Å². The van der Waals surface area contributed by atoms with E-state index in [1.807, 2.05) is 6.92 Å². The predicted molar refractivity (Wildman–Crippen MR) is 62.5 cm³/mol. The minimum absolute atomic E-state index is 0.0173. The SMILES string of the molecule is Cc1ccc(OC(F)F)c2oc3cc[n+](O)cc3c12. The third-order valence-corrected chi connectivity index (χ3v) is 2.93. The van der Waals surface area contributed by atoms with Crippen LogP contribution in [0.25, 0.3) is 21.9 Å². The van der Waals surface area contributed by atoms with Crippen LogP contribution in [0.4, 0.5) is 8.78 Å². The van der Waals surface area contributed by atoms with Gasteiger partial charge < -0.3 is 9.15 Å². The molecule has 3 rings (SSSR count). The van der Waals surface area contributed by atoms with Crippen molar-refractivity contribution in [3.8, 4) is 5.75 Å². The molecule has 0 aliphatic heterocycles. The van der Waals surface area contributed by atoms with Crippen molar-refractivity contribution in [2.45, 2.75) is 13.5 Å². The van der Waals surface area contributed by atoms with Crippen LogP contribution in [-0.4, -0.2) is 11.8 Å². The number of aromatic nitrogens is 1. The Bertz CT molecular complexity index is 767. The predicted octanol–water partition coefficient (Wildman–Crippen LogP) is 3.02. The number of furan rings is 1. The molecule has 3 aromatic rings. The topological polar surface area (TPSA) is 46.5 Å². The Kier molecular flexibility index (Phi) is 2.51. The molecule has 98 valence electrons. The van der Waals surface area contributed by atoms with Crippen LogP contribution < -0.4 is 9.47 Å². The summed E-state index contributed by atoms with van der Waals surface area (Å²) in [5, 5.41) is 10.7. The molecule has 19 heavy (non-hydrogen) atoms. The Hall–Kier alpha value is -2.37. The lowest BCUT2D eigenvalue weighted by Gasteiger charge is -2.05. The van der Waals surface area contributed by atoms with Gasteiger partial charge >= 0.3 is 6.61 Å². The van der Waals surface area contributed by atoms with E-state index in [2.05, 4.69) is 4.74 Å². The zero-order valence-electron chi connectivity index (χ0n) is 9.93. The first kappa shape index (κ1) is 11.7.